The molecule has 29 heavy (non-hydrogen) atoms. The van der Waals surface area contributed by atoms with Crippen LogP contribution in [0, 0.1) is 6.92 Å². The van der Waals surface area contributed by atoms with Gasteiger partial charge in [0.2, 0.25) is 0 Å². The molecule has 0 fully saturated rings. The number of thioether (sulfide) groups is 1. The van der Waals surface area contributed by atoms with Gasteiger partial charge in [-0.05, 0) is 61.6 Å². The molecule has 0 saturated carbocycles. The SMILES string of the molecule is COC(=NC(=O)c1ccc(C2=NOC(C)(c3cc(Cl)cc(Cl)c3)C2)cc1C)SC. The number of halogens is 2. The van der Waals surface area contributed by atoms with Crippen LogP contribution in [0.3, 0.4) is 0 Å². The Labute approximate surface area is 184 Å². The average Bonchev–Trinajstić information content (AvgIpc) is 3.08. The van der Waals surface area contributed by atoms with E-state index in [1.54, 1.807) is 18.4 Å². The standard InChI is InChI=1S/C21H20Cl2N2O3S/c1-12-7-13(5-6-17(12)19(26)24-20(27-3)29-4)18-11-21(2,28-25-18)14-8-15(22)10-16(23)9-14/h5-10H,11H2,1-4H3. The monoisotopic (exact) mass is 450 g/mol. The summed E-state index contributed by atoms with van der Waals surface area (Å²) >= 11 is 13.6. The maximum atomic E-state index is 12.4. The summed E-state index contributed by atoms with van der Waals surface area (Å²) in [6.07, 6.45) is 2.35. The van der Waals surface area contributed by atoms with E-state index >= 15 is 0 Å². The summed E-state index contributed by atoms with van der Waals surface area (Å²) in [5, 5.41) is 5.70. The number of benzene rings is 2. The van der Waals surface area contributed by atoms with Crippen LogP contribution in [0.1, 0.15) is 40.4 Å². The van der Waals surface area contributed by atoms with Crippen molar-refractivity contribution in [3.8, 4) is 0 Å². The summed E-state index contributed by atoms with van der Waals surface area (Å²) in [7, 11) is 1.49. The van der Waals surface area contributed by atoms with Crippen molar-refractivity contribution >= 4 is 51.8 Å². The fourth-order valence-electron chi connectivity index (χ4n) is 3.11. The third kappa shape index (κ3) is 4.77. The van der Waals surface area contributed by atoms with Crippen LogP contribution in [-0.2, 0) is 15.2 Å². The number of nitrogens with zero attached hydrogens (tertiary/aromatic N) is 2. The van der Waals surface area contributed by atoms with Crippen molar-refractivity contribution < 1.29 is 14.4 Å². The molecule has 1 heterocycles. The summed E-state index contributed by atoms with van der Waals surface area (Å²) in [6, 6.07) is 10.8. The number of aliphatic imine (C=N–C) groups is 1. The zero-order valence-corrected chi connectivity index (χ0v) is 18.8. The predicted molar refractivity (Wildman–Crippen MR) is 120 cm³/mol. The number of carbonyl (C=O) groups is 1. The van der Waals surface area contributed by atoms with E-state index in [-0.39, 0.29) is 5.91 Å². The molecule has 0 saturated heterocycles. The Balaban J connectivity index is 1.83. The summed E-state index contributed by atoms with van der Waals surface area (Å²) < 4.78 is 5.06. The first-order valence-corrected chi connectivity index (χ1v) is 10.8. The zero-order valence-electron chi connectivity index (χ0n) is 16.5. The van der Waals surface area contributed by atoms with Crippen LogP contribution < -0.4 is 0 Å². The molecule has 3 rings (SSSR count). The van der Waals surface area contributed by atoms with E-state index in [0.29, 0.717) is 27.3 Å². The van der Waals surface area contributed by atoms with E-state index in [4.69, 9.17) is 32.8 Å². The predicted octanol–water partition coefficient (Wildman–Crippen LogP) is 5.85. The van der Waals surface area contributed by atoms with Crippen LogP contribution in [0.4, 0.5) is 0 Å². The molecule has 0 radical (unpaired) electrons. The molecular formula is C21H20Cl2N2O3S. The lowest BCUT2D eigenvalue weighted by Crippen LogP contribution is -2.22. The molecular weight excluding hydrogens is 431 g/mol. The molecule has 2 aromatic rings. The zero-order chi connectivity index (χ0) is 21.2. The summed E-state index contributed by atoms with van der Waals surface area (Å²) in [5.41, 5.74) is 3.18. The van der Waals surface area contributed by atoms with Crippen LogP contribution in [0.25, 0.3) is 0 Å². The first-order valence-electron chi connectivity index (χ1n) is 8.79. The second kappa shape index (κ2) is 8.78. The number of methoxy groups -OCH3 is 1. The Hall–Kier alpha value is -2.02. The molecule has 0 bridgehead atoms. The number of hydrogen-bond acceptors (Lipinski definition) is 5. The average molecular weight is 451 g/mol. The Morgan fingerprint density at radius 3 is 2.52 bits per heavy atom. The molecule has 0 spiro atoms. The second-order valence-electron chi connectivity index (χ2n) is 6.82. The second-order valence-corrected chi connectivity index (χ2v) is 8.45. The molecule has 1 unspecified atom stereocenters. The molecule has 0 aliphatic carbocycles. The van der Waals surface area contributed by atoms with Gasteiger partial charge in [0.15, 0.2) is 5.60 Å². The van der Waals surface area contributed by atoms with Crippen molar-refractivity contribution in [3.05, 3.63) is 68.7 Å². The maximum Gasteiger partial charge on any atom is 0.280 e. The molecule has 8 heteroatoms. The summed E-state index contributed by atoms with van der Waals surface area (Å²) in [6.45, 7) is 3.81. The number of rotatable bonds is 3. The fraction of sp³-hybridized carbons (Fsp3) is 0.286. The molecule has 1 amide bonds. The minimum atomic E-state index is -0.664. The third-order valence-corrected chi connectivity index (χ3v) is 5.71. The van der Waals surface area contributed by atoms with Crippen molar-refractivity contribution in [2.75, 3.05) is 13.4 Å². The van der Waals surface area contributed by atoms with Crippen molar-refractivity contribution in [1.82, 2.24) is 0 Å². The third-order valence-electron chi connectivity index (χ3n) is 4.67. The highest BCUT2D eigenvalue weighted by Crippen LogP contribution is 2.38. The van der Waals surface area contributed by atoms with E-state index in [1.807, 2.05) is 38.1 Å². The van der Waals surface area contributed by atoms with Crippen molar-refractivity contribution in [3.63, 3.8) is 0 Å². The normalized spacial score (nSPS) is 19.0. The Kier molecular flexibility index (Phi) is 6.56. The van der Waals surface area contributed by atoms with Gasteiger partial charge in [0.25, 0.3) is 11.1 Å². The first kappa shape index (κ1) is 21.7. The molecule has 1 aliphatic heterocycles. The topological polar surface area (TPSA) is 60.2 Å². The van der Waals surface area contributed by atoms with Crippen LogP contribution >= 0.6 is 35.0 Å². The molecule has 0 aromatic heterocycles. The van der Waals surface area contributed by atoms with Crippen molar-refractivity contribution in [2.45, 2.75) is 25.9 Å². The summed E-state index contributed by atoms with van der Waals surface area (Å²) in [4.78, 5) is 22.2. The van der Waals surface area contributed by atoms with E-state index in [1.165, 1.54) is 18.9 Å². The van der Waals surface area contributed by atoms with E-state index in [0.717, 1.165) is 22.4 Å². The lowest BCUT2D eigenvalue weighted by Gasteiger charge is -2.22. The molecule has 152 valence electrons. The molecule has 1 aliphatic rings. The Morgan fingerprint density at radius 1 is 1.24 bits per heavy atom. The van der Waals surface area contributed by atoms with E-state index in [9.17, 15) is 4.79 Å². The van der Waals surface area contributed by atoms with Gasteiger partial charge in [0.05, 0.1) is 12.8 Å². The van der Waals surface area contributed by atoms with Crippen LogP contribution in [-0.4, -0.2) is 30.2 Å². The van der Waals surface area contributed by atoms with E-state index in [2.05, 4.69) is 10.1 Å². The number of carbonyl (C=O) groups excluding carboxylic acids is 1. The van der Waals surface area contributed by atoms with Gasteiger partial charge in [-0.3, -0.25) is 4.79 Å². The van der Waals surface area contributed by atoms with Gasteiger partial charge in [-0.25, -0.2) is 0 Å². The van der Waals surface area contributed by atoms with Crippen LogP contribution in [0.15, 0.2) is 46.5 Å². The highest BCUT2D eigenvalue weighted by atomic mass is 35.5. The first-order chi connectivity index (χ1) is 13.8. The van der Waals surface area contributed by atoms with Crippen LogP contribution in [0.5, 0.6) is 0 Å². The van der Waals surface area contributed by atoms with Gasteiger partial charge >= 0.3 is 0 Å². The highest BCUT2D eigenvalue weighted by Gasteiger charge is 2.37. The molecule has 0 N–H and O–H groups in total. The number of ether oxygens (including phenoxy) is 1. The lowest BCUT2D eigenvalue weighted by molar-refractivity contribution is -0.00737. The van der Waals surface area contributed by atoms with Gasteiger partial charge < -0.3 is 9.57 Å². The van der Waals surface area contributed by atoms with Gasteiger partial charge in [0, 0.05) is 27.6 Å². The number of oxime groups is 1. The molecule has 5 nitrogen and oxygen atoms in total. The van der Waals surface area contributed by atoms with Gasteiger partial charge in [-0.1, -0.05) is 46.2 Å². The van der Waals surface area contributed by atoms with Gasteiger partial charge in [-0.2, -0.15) is 4.99 Å². The van der Waals surface area contributed by atoms with Crippen LogP contribution in [0.2, 0.25) is 10.0 Å². The van der Waals surface area contributed by atoms with E-state index < -0.39 is 5.60 Å². The Bertz CT molecular complexity index is 997. The maximum absolute atomic E-state index is 12.4. The minimum absolute atomic E-state index is 0.322. The minimum Gasteiger partial charge on any atom is -0.476 e. The van der Waals surface area contributed by atoms with Gasteiger partial charge in [-0.15, -0.1) is 0 Å². The molecule has 1 atom stereocenters. The molecule has 2 aromatic carbocycles. The smallest absolute Gasteiger partial charge is 0.280 e. The van der Waals surface area contributed by atoms with Crippen molar-refractivity contribution in [2.24, 2.45) is 10.1 Å². The summed E-state index contributed by atoms with van der Waals surface area (Å²) in [5.74, 6) is -0.344. The van der Waals surface area contributed by atoms with Crippen molar-refractivity contribution in [1.29, 1.82) is 0 Å². The van der Waals surface area contributed by atoms with Gasteiger partial charge in [0.1, 0.15) is 0 Å². The Morgan fingerprint density at radius 2 is 1.93 bits per heavy atom. The quantitative estimate of drug-likeness (QED) is 0.434. The lowest BCUT2D eigenvalue weighted by atomic mass is 9.88. The largest absolute Gasteiger partial charge is 0.476 e. The number of aryl methyl sites for hydroxylation is 1. The highest BCUT2D eigenvalue weighted by molar-refractivity contribution is 8.13. The fourth-order valence-corrected chi connectivity index (χ4v) is 3.98. The number of amides is 1. The number of hydrogen-bond donors (Lipinski definition) is 0.